The number of rotatable bonds is 14. The minimum absolute atomic E-state index is 0.0452. The van der Waals surface area contributed by atoms with Crippen molar-refractivity contribution in [3.63, 3.8) is 0 Å². The molecule has 1 aromatic rings. The smallest absolute Gasteiger partial charge is 0.307 e. The van der Waals surface area contributed by atoms with Gasteiger partial charge in [-0.1, -0.05) is 51.4 Å². The zero-order chi connectivity index (χ0) is 23.0. The minimum Gasteiger partial charge on any atom is -0.481 e. The predicted octanol–water partition coefficient (Wildman–Crippen LogP) is 3.93. The van der Waals surface area contributed by atoms with Crippen molar-refractivity contribution < 1.29 is 27.8 Å². The molecule has 0 fully saturated rings. The molecular weight excluding hydrogens is 438 g/mol. The molecule has 0 unspecified atom stereocenters. The Kier molecular flexibility index (Phi) is 10.4. The van der Waals surface area contributed by atoms with Crippen LogP contribution in [0.5, 0.6) is 0 Å². The molecule has 0 saturated heterocycles. The number of carbonyl (C=O) groups is 1. The normalized spacial score (nSPS) is 13.0. The topological polar surface area (TPSA) is 93.1 Å². The molecule has 172 valence electrons. The molecule has 0 heterocycles. The van der Waals surface area contributed by atoms with E-state index in [2.05, 4.69) is 39.3 Å². The Morgan fingerprint density at radius 1 is 0.967 bits per heavy atom. The van der Waals surface area contributed by atoms with Gasteiger partial charge in [-0.25, -0.2) is 8.42 Å². The van der Waals surface area contributed by atoms with Gasteiger partial charge in [0.15, 0.2) is 0 Å². The number of sulfonamides is 1. The number of aliphatic carboxylic acids is 1. The van der Waals surface area contributed by atoms with E-state index in [1.54, 1.807) is 12.1 Å². The Morgan fingerprint density at radius 3 is 1.90 bits per heavy atom. The van der Waals surface area contributed by atoms with Gasteiger partial charge in [0.1, 0.15) is 13.5 Å². The first kappa shape index (κ1) is 27.0. The lowest BCUT2D eigenvalue weighted by Crippen LogP contribution is -2.36. The number of carboxylic acid groups (broad SMARTS) is 1. The highest BCUT2D eigenvalue weighted by molar-refractivity contribution is 7.89. The van der Waals surface area contributed by atoms with E-state index in [1.165, 1.54) is 16.4 Å². The van der Waals surface area contributed by atoms with E-state index in [9.17, 15) is 13.2 Å². The Morgan fingerprint density at radius 2 is 1.47 bits per heavy atom. The van der Waals surface area contributed by atoms with Crippen LogP contribution in [0.4, 0.5) is 0 Å². The molecule has 0 amide bonds. The summed E-state index contributed by atoms with van der Waals surface area (Å²) >= 11 is 0. The molecule has 7 nitrogen and oxygen atoms in total. The Bertz CT molecular complexity index is 765. The van der Waals surface area contributed by atoms with Crippen molar-refractivity contribution in [1.29, 1.82) is 0 Å². The van der Waals surface area contributed by atoms with Gasteiger partial charge >= 0.3 is 5.97 Å². The van der Waals surface area contributed by atoms with Gasteiger partial charge in [0.2, 0.25) is 10.0 Å². The molecule has 0 spiro atoms. The van der Waals surface area contributed by atoms with Crippen LogP contribution in [-0.2, 0) is 30.7 Å². The van der Waals surface area contributed by atoms with Gasteiger partial charge in [-0.05, 0) is 29.8 Å². The quantitative estimate of drug-likeness (QED) is 0.249. The second-order valence-corrected chi connectivity index (χ2v) is 23.1. The molecule has 1 aromatic carbocycles. The molecule has 0 bridgehead atoms. The van der Waals surface area contributed by atoms with Crippen molar-refractivity contribution in [2.24, 2.45) is 0 Å². The fraction of sp³-hybridized carbons (Fsp3) is 0.650. The Labute approximate surface area is 183 Å². The number of benzene rings is 1. The van der Waals surface area contributed by atoms with Crippen LogP contribution in [0, 0.1) is 0 Å². The lowest BCUT2D eigenvalue weighted by Gasteiger charge is -2.24. The summed E-state index contributed by atoms with van der Waals surface area (Å²) in [7, 11) is -6.46. The lowest BCUT2D eigenvalue weighted by molar-refractivity contribution is -0.136. The second-order valence-electron chi connectivity index (χ2n) is 9.87. The maximum atomic E-state index is 13.2. The average molecular weight is 476 g/mol. The van der Waals surface area contributed by atoms with Crippen molar-refractivity contribution >= 4 is 32.1 Å². The molecule has 1 rings (SSSR count). The van der Waals surface area contributed by atoms with Crippen molar-refractivity contribution in [3.8, 4) is 0 Å². The van der Waals surface area contributed by atoms with Gasteiger partial charge in [-0.2, -0.15) is 0 Å². The van der Waals surface area contributed by atoms with Crippen LogP contribution in [0.25, 0.3) is 0 Å². The first-order valence-electron chi connectivity index (χ1n) is 10.2. The average Bonchev–Trinajstić information content (AvgIpc) is 2.58. The predicted molar refractivity (Wildman–Crippen MR) is 125 cm³/mol. The maximum Gasteiger partial charge on any atom is 0.307 e. The Hall–Kier alpha value is -1.05. The van der Waals surface area contributed by atoms with Gasteiger partial charge < -0.3 is 14.6 Å². The van der Waals surface area contributed by atoms with Gasteiger partial charge in [-0.3, -0.25) is 4.79 Å². The van der Waals surface area contributed by atoms with Crippen molar-refractivity contribution in [2.45, 2.75) is 62.7 Å². The van der Waals surface area contributed by atoms with Gasteiger partial charge in [-0.15, -0.1) is 4.31 Å². The van der Waals surface area contributed by atoms with Crippen LogP contribution in [0.1, 0.15) is 5.56 Å². The molecule has 0 aliphatic carbocycles. The molecule has 1 N–H and O–H groups in total. The molecule has 0 aliphatic rings. The fourth-order valence-electron chi connectivity index (χ4n) is 2.41. The molecule has 30 heavy (non-hydrogen) atoms. The van der Waals surface area contributed by atoms with Crippen LogP contribution >= 0.6 is 0 Å². The summed E-state index contributed by atoms with van der Waals surface area (Å²) < 4.78 is 38.9. The van der Waals surface area contributed by atoms with Crippen molar-refractivity contribution in [1.82, 2.24) is 4.31 Å². The van der Waals surface area contributed by atoms with E-state index in [-0.39, 0.29) is 24.8 Å². The lowest BCUT2D eigenvalue weighted by atomic mass is 10.2. The van der Waals surface area contributed by atoms with E-state index in [1.807, 2.05) is 0 Å². The van der Waals surface area contributed by atoms with Gasteiger partial charge in [0, 0.05) is 29.4 Å². The zero-order valence-electron chi connectivity index (χ0n) is 19.1. The SMILES string of the molecule is C[Si](C)(C)CCOCN(COCC[Si](C)(C)C)S(=O)(=O)c1cccc(CC(=O)O)c1. The van der Waals surface area contributed by atoms with Gasteiger partial charge in [0.05, 0.1) is 11.3 Å². The molecule has 0 aromatic heterocycles. The largest absolute Gasteiger partial charge is 0.481 e. The third kappa shape index (κ3) is 10.8. The highest BCUT2D eigenvalue weighted by Gasteiger charge is 2.26. The summed E-state index contributed by atoms with van der Waals surface area (Å²) in [6, 6.07) is 7.91. The third-order valence-corrected chi connectivity index (χ3v) is 9.50. The van der Waals surface area contributed by atoms with E-state index in [0.717, 1.165) is 12.1 Å². The number of hydrogen-bond acceptors (Lipinski definition) is 5. The number of hydrogen-bond donors (Lipinski definition) is 1. The second kappa shape index (κ2) is 11.5. The summed E-state index contributed by atoms with van der Waals surface area (Å²) in [5, 5.41) is 8.99. The van der Waals surface area contributed by atoms with Crippen LogP contribution in [-0.4, -0.2) is 66.6 Å². The third-order valence-electron chi connectivity index (χ3n) is 4.35. The summed E-state index contributed by atoms with van der Waals surface area (Å²) in [6.45, 7) is 14.2. The van der Waals surface area contributed by atoms with Crippen molar-refractivity contribution in [2.75, 3.05) is 26.7 Å². The fourth-order valence-corrected chi connectivity index (χ4v) is 5.19. The van der Waals surface area contributed by atoms with E-state index in [0.29, 0.717) is 18.8 Å². The first-order valence-corrected chi connectivity index (χ1v) is 19.0. The summed E-state index contributed by atoms with van der Waals surface area (Å²) in [6.07, 6.45) is -0.233. The first-order chi connectivity index (χ1) is 13.7. The molecule has 10 heteroatoms. The summed E-state index contributed by atoms with van der Waals surface area (Å²) in [4.78, 5) is 11.0. The number of ether oxygens (including phenoxy) is 2. The molecule has 0 saturated carbocycles. The standard InChI is InChI=1S/C20H37NO6SSi2/c1-29(2,3)12-10-26-16-21(17-27-11-13-30(4,5)6)28(24,25)19-9-7-8-18(14-19)15-20(22)23/h7-9,14H,10-13,15-17H2,1-6H3,(H,22,23). The van der Waals surface area contributed by atoms with Gasteiger partial charge in [0.25, 0.3) is 0 Å². The monoisotopic (exact) mass is 475 g/mol. The van der Waals surface area contributed by atoms with E-state index in [4.69, 9.17) is 14.6 Å². The highest BCUT2D eigenvalue weighted by Crippen LogP contribution is 2.19. The van der Waals surface area contributed by atoms with E-state index >= 15 is 0 Å². The molecule has 0 radical (unpaired) electrons. The summed E-state index contributed by atoms with van der Waals surface area (Å²) in [5.41, 5.74) is 0.433. The van der Waals surface area contributed by atoms with E-state index < -0.39 is 32.1 Å². The summed E-state index contributed by atoms with van der Waals surface area (Å²) in [5.74, 6) is -1.01. The highest BCUT2D eigenvalue weighted by atomic mass is 32.2. The molecule has 0 aliphatic heterocycles. The maximum absolute atomic E-state index is 13.2. The molecule has 0 atom stereocenters. The van der Waals surface area contributed by atoms with Crippen LogP contribution in [0.2, 0.25) is 51.4 Å². The van der Waals surface area contributed by atoms with Crippen molar-refractivity contribution in [3.05, 3.63) is 29.8 Å². The Balaban J connectivity index is 2.92. The van der Waals surface area contributed by atoms with Crippen LogP contribution in [0.15, 0.2) is 29.2 Å². The number of nitrogens with zero attached hydrogens (tertiary/aromatic N) is 1. The number of carboxylic acids is 1. The van der Waals surface area contributed by atoms with Crippen LogP contribution < -0.4 is 0 Å². The van der Waals surface area contributed by atoms with Crippen LogP contribution in [0.3, 0.4) is 0 Å². The minimum atomic E-state index is -3.88. The molecular formula is C20H37NO6SSi2. The zero-order valence-corrected chi connectivity index (χ0v) is 21.9.